The summed E-state index contributed by atoms with van der Waals surface area (Å²) in [6.07, 6.45) is 1.87. The number of anilines is 1. The maximum atomic E-state index is 13.3. The third-order valence-corrected chi connectivity index (χ3v) is 5.52. The quantitative estimate of drug-likeness (QED) is 0.322. The number of nitrogens with one attached hydrogen (secondary N) is 2. The number of pyridine rings is 1. The molecule has 38 heavy (non-hydrogen) atoms. The van der Waals surface area contributed by atoms with E-state index in [1.807, 2.05) is 31.2 Å². The van der Waals surface area contributed by atoms with Gasteiger partial charge in [0.1, 0.15) is 17.4 Å². The van der Waals surface area contributed by atoms with Crippen LogP contribution in [-0.4, -0.2) is 37.5 Å². The second kappa shape index (κ2) is 11.3. The largest absolute Gasteiger partial charge is 0.444 e. The molecule has 0 aliphatic heterocycles. The lowest BCUT2D eigenvalue weighted by atomic mass is 10.0. The Morgan fingerprint density at radius 3 is 2.53 bits per heavy atom. The minimum Gasteiger partial charge on any atom is -0.444 e. The third-order valence-electron chi connectivity index (χ3n) is 5.52. The van der Waals surface area contributed by atoms with E-state index in [0.29, 0.717) is 33.9 Å². The first-order chi connectivity index (χ1) is 18.1. The molecule has 0 radical (unpaired) electrons. The van der Waals surface area contributed by atoms with Crippen LogP contribution in [0, 0.1) is 6.92 Å². The average molecular weight is 514 g/mol. The molecule has 0 aliphatic rings. The van der Waals surface area contributed by atoms with Gasteiger partial charge in [-0.15, -0.1) is 0 Å². The Kier molecular flexibility index (Phi) is 7.87. The molecule has 2 amide bonds. The summed E-state index contributed by atoms with van der Waals surface area (Å²) in [6.45, 7) is 7.49. The number of aromatic nitrogens is 3. The zero-order valence-corrected chi connectivity index (χ0v) is 21.8. The zero-order chi connectivity index (χ0) is 27.3. The van der Waals surface area contributed by atoms with Crippen molar-refractivity contribution in [1.82, 2.24) is 20.1 Å². The van der Waals surface area contributed by atoms with E-state index < -0.39 is 17.8 Å². The molecule has 0 saturated heterocycles. The summed E-state index contributed by atoms with van der Waals surface area (Å²) < 4.78 is 6.86. The number of aliphatic hydroxyl groups excluding tert-OH is 1. The monoisotopic (exact) mass is 513 g/mol. The number of amides is 2. The van der Waals surface area contributed by atoms with Gasteiger partial charge in [0.15, 0.2) is 0 Å². The fraction of sp³-hybridized carbons (Fsp3) is 0.241. The van der Waals surface area contributed by atoms with Crippen molar-refractivity contribution in [3.05, 3.63) is 107 Å². The molecule has 0 bridgehead atoms. The molecule has 2 aromatic heterocycles. The van der Waals surface area contributed by atoms with Gasteiger partial charge in [-0.25, -0.2) is 9.48 Å². The molecule has 0 fully saturated rings. The first-order valence-electron chi connectivity index (χ1n) is 12.2. The highest BCUT2D eigenvalue weighted by Gasteiger charge is 2.18. The molecule has 0 spiro atoms. The Balaban J connectivity index is 1.51. The maximum absolute atomic E-state index is 13.3. The summed E-state index contributed by atoms with van der Waals surface area (Å²) in [6, 6.07) is 19.7. The van der Waals surface area contributed by atoms with Gasteiger partial charge in [-0.2, -0.15) is 5.10 Å². The van der Waals surface area contributed by atoms with Gasteiger partial charge in [0.25, 0.3) is 5.91 Å². The van der Waals surface area contributed by atoms with E-state index in [0.717, 1.165) is 5.56 Å². The molecule has 4 aromatic rings. The number of rotatable bonds is 7. The minimum absolute atomic E-state index is 0.261. The van der Waals surface area contributed by atoms with Gasteiger partial charge in [0.05, 0.1) is 11.4 Å². The Bertz CT molecular complexity index is 1430. The number of aryl methyl sites for hydroxylation is 1. The van der Waals surface area contributed by atoms with E-state index in [-0.39, 0.29) is 12.5 Å². The molecular weight excluding hydrogens is 482 g/mol. The fourth-order valence-electron chi connectivity index (χ4n) is 3.86. The van der Waals surface area contributed by atoms with E-state index in [9.17, 15) is 14.7 Å². The predicted molar refractivity (Wildman–Crippen MR) is 144 cm³/mol. The zero-order valence-electron chi connectivity index (χ0n) is 21.8. The summed E-state index contributed by atoms with van der Waals surface area (Å²) in [4.78, 5) is 29.4. The number of hydrogen-bond donors (Lipinski definition) is 3. The van der Waals surface area contributed by atoms with Gasteiger partial charge >= 0.3 is 6.09 Å². The lowest BCUT2D eigenvalue weighted by molar-refractivity contribution is 0.0523. The van der Waals surface area contributed by atoms with E-state index in [1.54, 1.807) is 80.3 Å². The van der Waals surface area contributed by atoms with Crippen LogP contribution in [0.5, 0.6) is 0 Å². The Morgan fingerprint density at radius 1 is 1.03 bits per heavy atom. The Morgan fingerprint density at radius 2 is 1.79 bits per heavy atom. The molecule has 2 heterocycles. The smallest absolute Gasteiger partial charge is 0.407 e. The molecule has 0 aliphatic carbocycles. The van der Waals surface area contributed by atoms with Crippen molar-refractivity contribution in [1.29, 1.82) is 0 Å². The average Bonchev–Trinajstić information content (AvgIpc) is 3.29. The van der Waals surface area contributed by atoms with Gasteiger partial charge in [0.2, 0.25) is 0 Å². The minimum atomic E-state index is -0.870. The number of hydrogen-bond acceptors (Lipinski definition) is 6. The lowest BCUT2D eigenvalue weighted by Crippen LogP contribution is -2.32. The molecule has 1 atom stereocenters. The van der Waals surface area contributed by atoms with Crippen molar-refractivity contribution in [2.24, 2.45) is 0 Å². The van der Waals surface area contributed by atoms with Crippen LogP contribution in [0.3, 0.4) is 0 Å². The molecule has 9 nitrogen and oxygen atoms in total. The van der Waals surface area contributed by atoms with Crippen LogP contribution in [0.2, 0.25) is 0 Å². The number of carbonyl (C=O) groups is 2. The van der Waals surface area contributed by atoms with Gasteiger partial charge in [-0.1, -0.05) is 30.3 Å². The van der Waals surface area contributed by atoms with E-state index in [4.69, 9.17) is 4.74 Å². The topological polar surface area (TPSA) is 118 Å². The third kappa shape index (κ3) is 6.83. The number of ether oxygens (including phenoxy) is 1. The highest BCUT2D eigenvalue weighted by molar-refractivity contribution is 6.03. The summed E-state index contributed by atoms with van der Waals surface area (Å²) in [7, 11) is 0. The summed E-state index contributed by atoms with van der Waals surface area (Å²) >= 11 is 0. The summed E-state index contributed by atoms with van der Waals surface area (Å²) in [5.41, 5.74) is 3.76. The van der Waals surface area contributed by atoms with Crippen molar-refractivity contribution >= 4 is 17.7 Å². The van der Waals surface area contributed by atoms with E-state index >= 15 is 0 Å². The SMILES string of the molecule is Cc1cc(C(=O)Nc2cccc(C(O)c3cccnc3)c2)n(-c2cccc(CNC(=O)OC(C)(C)C)c2)n1. The normalized spacial score (nSPS) is 12.0. The molecular formula is C29H31N5O4. The van der Waals surface area contributed by atoms with E-state index in [2.05, 4.69) is 20.7 Å². The van der Waals surface area contributed by atoms with Crippen molar-refractivity contribution in [3.63, 3.8) is 0 Å². The molecule has 196 valence electrons. The first-order valence-corrected chi connectivity index (χ1v) is 12.2. The molecule has 9 heteroatoms. The van der Waals surface area contributed by atoms with Crippen LogP contribution in [0.4, 0.5) is 10.5 Å². The number of carbonyl (C=O) groups excluding carboxylic acids is 2. The van der Waals surface area contributed by atoms with Crippen LogP contribution >= 0.6 is 0 Å². The number of alkyl carbamates (subject to hydrolysis) is 1. The highest BCUT2D eigenvalue weighted by Crippen LogP contribution is 2.24. The number of nitrogens with zero attached hydrogens (tertiary/aromatic N) is 3. The van der Waals surface area contributed by atoms with Crippen molar-refractivity contribution in [2.75, 3.05) is 5.32 Å². The predicted octanol–water partition coefficient (Wildman–Crippen LogP) is 4.93. The molecule has 3 N–H and O–H groups in total. The fourth-order valence-corrected chi connectivity index (χ4v) is 3.86. The first kappa shape index (κ1) is 26.6. The second-order valence-corrected chi connectivity index (χ2v) is 9.88. The molecule has 4 rings (SSSR count). The van der Waals surface area contributed by atoms with Crippen molar-refractivity contribution in [2.45, 2.75) is 45.9 Å². The van der Waals surface area contributed by atoms with Gasteiger partial charge in [-0.3, -0.25) is 9.78 Å². The lowest BCUT2D eigenvalue weighted by Gasteiger charge is -2.19. The van der Waals surface area contributed by atoms with Crippen LogP contribution < -0.4 is 10.6 Å². The van der Waals surface area contributed by atoms with Crippen molar-refractivity contribution in [3.8, 4) is 5.69 Å². The second-order valence-electron chi connectivity index (χ2n) is 9.88. The number of aliphatic hydroxyl groups is 1. The van der Waals surface area contributed by atoms with E-state index in [1.165, 1.54) is 0 Å². The highest BCUT2D eigenvalue weighted by atomic mass is 16.6. The van der Waals surface area contributed by atoms with Crippen LogP contribution in [-0.2, 0) is 11.3 Å². The van der Waals surface area contributed by atoms with Gasteiger partial charge in [0, 0.05) is 30.2 Å². The molecule has 0 saturated carbocycles. The molecule has 2 aromatic carbocycles. The van der Waals surface area contributed by atoms with Crippen LogP contribution in [0.15, 0.2) is 79.1 Å². The molecule has 1 unspecified atom stereocenters. The Hall–Kier alpha value is -4.50. The standard InChI is InChI=1S/C29H31N5O4/c1-19-14-25(27(36)32-23-11-6-9-21(16-23)26(35)22-10-7-13-30-18-22)34(33-19)24-12-5-8-20(15-24)17-31-28(37)38-29(2,3)4/h5-16,18,26,35H,17H2,1-4H3,(H,31,37)(H,32,36). The summed E-state index contributed by atoms with van der Waals surface area (Å²) in [5, 5.41) is 20.9. The Labute approximate surface area is 221 Å². The number of benzene rings is 2. The van der Waals surface area contributed by atoms with Gasteiger partial charge in [-0.05, 0) is 75.2 Å². The summed E-state index contributed by atoms with van der Waals surface area (Å²) in [5.74, 6) is -0.351. The van der Waals surface area contributed by atoms with Gasteiger partial charge < -0.3 is 20.5 Å². The van der Waals surface area contributed by atoms with Crippen molar-refractivity contribution < 1.29 is 19.4 Å². The van der Waals surface area contributed by atoms with Crippen LogP contribution in [0.25, 0.3) is 5.69 Å². The van der Waals surface area contributed by atoms with Crippen LogP contribution in [0.1, 0.15) is 59.7 Å². The maximum Gasteiger partial charge on any atom is 0.407 e.